The van der Waals surface area contributed by atoms with Gasteiger partial charge in [-0.05, 0) is 17.5 Å². The number of ether oxygens (including phenoxy) is 2. The highest BCUT2D eigenvalue weighted by Crippen LogP contribution is 2.35. The van der Waals surface area contributed by atoms with Crippen LogP contribution in [-0.2, 0) is 15.9 Å². The Bertz CT molecular complexity index is 625. The van der Waals surface area contributed by atoms with Crippen LogP contribution in [0.1, 0.15) is 23.7 Å². The Hall–Kier alpha value is -2.34. The van der Waals surface area contributed by atoms with Crippen molar-refractivity contribution >= 4 is 6.09 Å². The van der Waals surface area contributed by atoms with Gasteiger partial charge in [-0.2, -0.15) is 0 Å². The summed E-state index contributed by atoms with van der Waals surface area (Å²) in [6, 6.07) is 7.86. The summed E-state index contributed by atoms with van der Waals surface area (Å²) >= 11 is 0. The molecule has 6 nitrogen and oxygen atoms in total. The van der Waals surface area contributed by atoms with E-state index in [2.05, 4.69) is 5.16 Å². The normalized spacial score (nSPS) is 17.2. The smallest absolute Gasteiger partial charge is 0.404 e. The number of hydrogen-bond acceptors (Lipinski definition) is 5. The third-order valence-corrected chi connectivity index (χ3v) is 3.56. The minimum atomic E-state index is -0.763. The molecule has 2 heterocycles. The van der Waals surface area contributed by atoms with Crippen molar-refractivity contribution in [2.24, 2.45) is 5.73 Å². The number of rotatable bonds is 4. The number of hydrogen-bond donors (Lipinski definition) is 1. The number of aromatic nitrogens is 1. The number of carbonyl (C=O) groups is 1. The molecule has 1 amide bonds. The van der Waals surface area contributed by atoms with Crippen LogP contribution in [0.3, 0.4) is 0 Å². The Morgan fingerprint density at radius 2 is 2.33 bits per heavy atom. The van der Waals surface area contributed by atoms with E-state index in [9.17, 15) is 4.79 Å². The predicted molar refractivity (Wildman–Crippen MR) is 74.5 cm³/mol. The number of benzene rings is 1. The van der Waals surface area contributed by atoms with Crippen LogP contribution in [0.2, 0.25) is 0 Å². The quantitative estimate of drug-likeness (QED) is 0.933. The van der Waals surface area contributed by atoms with Crippen LogP contribution < -0.4 is 5.73 Å². The van der Waals surface area contributed by atoms with Gasteiger partial charge in [-0.3, -0.25) is 0 Å². The minimum absolute atomic E-state index is 0.101. The molecule has 2 N–H and O–H groups in total. The van der Waals surface area contributed by atoms with Gasteiger partial charge in [0, 0.05) is 18.1 Å². The summed E-state index contributed by atoms with van der Waals surface area (Å²) < 4.78 is 15.8. The lowest BCUT2D eigenvalue weighted by Crippen LogP contribution is -2.20. The summed E-state index contributed by atoms with van der Waals surface area (Å²) in [5.74, 6) is 0.751. The Morgan fingerprint density at radius 3 is 3.10 bits per heavy atom. The topological polar surface area (TPSA) is 87.6 Å². The first-order valence-electron chi connectivity index (χ1n) is 6.82. The van der Waals surface area contributed by atoms with Crippen molar-refractivity contribution < 1.29 is 18.8 Å². The maximum atomic E-state index is 10.6. The van der Waals surface area contributed by atoms with Crippen molar-refractivity contribution in [2.75, 3.05) is 13.2 Å². The Kier molecular flexibility index (Phi) is 3.87. The molecular formula is C15H16N2O4. The lowest BCUT2D eigenvalue weighted by atomic mass is 9.91. The van der Waals surface area contributed by atoms with E-state index in [1.54, 1.807) is 6.20 Å². The van der Waals surface area contributed by atoms with Crippen molar-refractivity contribution in [3.63, 3.8) is 0 Å². The lowest BCUT2D eigenvalue weighted by Gasteiger charge is -2.27. The van der Waals surface area contributed by atoms with E-state index in [1.807, 2.05) is 24.3 Å². The molecule has 1 aromatic carbocycles. The fourth-order valence-electron chi connectivity index (χ4n) is 2.67. The number of primary amides is 1. The van der Waals surface area contributed by atoms with Crippen molar-refractivity contribution in [1.29, 1.82) is 0 Å². The first kappa shape index (κ1) is 13.6. The van der Waals surface area contributed by atoms with Crippen LogP contribution in [0, 0.1) is 0 Å². The molecule has 0 bridgehead atoms. The molecule has 0 fully saturated rings. The van der Waals surface area contributed by atoms with Crippen molar-refractivity contribution in [1.82, 2.24) is 5.16 Å². The van der Waals surface area contributed by atoms with Gasteiger partial charge in [-0.1, -0.05) is 23.4 Å². The van der Waals surface area contributed by atoms with E-state index in [0.29, 0.717) is 13.0 Å². The van der Waals surface area contributed by atoms with E-state index >= 15 is 0 Å². The second-order valence-corrected chi connectivity index (χ2v) is 4.82. The highest BCUT2D eigenvalue weighted by molar-refractivity contribution is 5.65. The van der Waals surface area contributed by atoms with Gasteiger partial charge in [0.05, 0.1) is 25.5 Å². The molecule has 0 aliphatic carbocycles. The standard InChI is InChI=1S/C15H16N2O4/c16-15(18)20-9-6-13-11-2-1-3-12(10(11)5-8-19-13)14-4-7-17-21-14/h1-4,7,13H,5-6,8-9H2,(H2,16,18). The zero-order chi connectivity index (χ0) is 14.7. The van der Waals surface area contributed by atoms with Gasteiger partial charge in [0.15, 0.2) is 5.76 Å². The number of fused-ring (bicyclic) bond motifs is 1. The van der Waals surface area contributed by atoms with E-state index in [4.69, 9.17) is 19.7 Å². The molecule has 1 atom stereocenters. The Morgan fingerprint density at radius 1 is 1.43 bits per heavy atom. The average molecular weight is 288 g/mol. The summed E-state index contributed by atoms with van der Waals surface area (Å²) in [7, 11) is 0. The molecule has 0 spiro atoms. The predicted octanol–water partition coefficient (Wildman–Crippen LogP) is 2.44. The zero-order valence-corrected chi connectivity index (χ0v) is 11.5. The van der Waals surface area contributed by atoms with E-state index < -0.39 is 6.09 Å². The van der Waals surface area contributed by atoms with Crippen molar-refractivity contribution in [3.8, 4) is 11.3 Å². The van der Waals surface area contributed by atoms with Gasteiger partial charge in [-0.25, -0.2) is 4.79 Å². The maximum Gasteiger partial charge on any atom is 0.404 e. The second-order valence-electron chi connectivity index (χ2n) is 4.82. The van der Waals surface area contributed by atoms with Gasteiger partial charge >= 0.3 is 6.09 Å². The third-order valence-electron chi connectivity index (χ3n) is 3.56. The average Bonchev–Trinajstić information content (AvgIpc) is 3.00. The van der Waals surface area contributed by atoms with Crippen molar-refractivity contribution in [2.45, 2.75) is 18.9 Å². The first-order valence-corrected chi connectivity index (χ1v) is 6.82. The maximum absolute atomic E-state index is 10.6. The van der Waals surface area contributed by atoms with Gasteiger partial charge in [0.2, 0.25) is 0 Å². The number of nitrogens with zero attached hydrogens (tertiary/aromatic N) is 1. The highest BCUT2D eigenvalue weighted by atomic mass is 16.5. The highest BCUT2D eigenvalue weighted by Gasteiger charge is 2.24. The van der Waals surface area contributed by atoms with Crippen LogP contribution in [0.25, 0.3) is 11.3 Å². The summed E-state index contributed by atoms with van der Waals surface area (Å²) in [6.07, 6.45) is 2.17. The molecule has 110 valence electrons. The fraction of sp³-hybridized carbons (Fsp3) is 0.333. The van der Waals surface area contributed by atoms with Gasteiger partial charge in [-0.15, -0.1) is 0 Å². The monoisotopic (exact) mass is 288 g/mol. The van der Waals surface area contributed by atoms with Gasteiger partial charge < -0.3 is 19.7 Å². The van der Waals surface area contributed by atoms with Crippen LogP contribution in [-0.4, -0.2) is 24.5 Å². The Balaban J connectivity index is 1.85. The van der Waals surface area contributed by atoms with Gasteiger partial charge in [0.25, 0.3) is 0 Å². The van der Waals surface area contributed by atoms with Crippen molar-refractivity contribution in [3.05, 3.63) is 41.6 Å². The number of nitrogens with two attached hydrogens (primary N) is 1. The van der Waals surface area contributed by atoms with E-state index in [-0.39, 0.29) is 12.7 Å². The summed E-state index contributed by atoms with van der Waals surface area (Å²) in [5.41, 5.74) is 8.30. The molecule has 21 heavy (non-hydrogen) atoms. The van der Waals surface area contributed by atoms with E-state index in [1.165, 1.54) is 5.56 Å². The molecule has 6 heteroatoms. The fourth-order valence-corrected chi connectivity index (χ4v) is 2.67. The first-order chi connectivity index (χ1) is 10.3. The summed E-state index contributed by atoms with van der Waals surface area (Å²) in [5, 5.41) is 3.76. The molecule has 3 rings (SSSR count). The molecule has 1 unspecified atom stereocenters. The van der Waals surface area contributed by atoms with E-state index in [0.717, 1.165) is 23.3 Å². The molecule has 1 aliphatic heterocycles. The lowest BCUT2D eigenvalue weighted by molar-refractivity contribution is 0.0230. The molecule has 1 aromatic heterocycles. The SMILES string of the molecule is NC(=O)OCCC1OCCc2c(-c3ccno3)cccc21. The summed E-state index contributed by atoms with van der Waals surface area (Å²) in [4.78, 5) is 10.6. The number of carbonyl (C=O) groups excluding carboxylic acids is 1. The zero-order valence-electron chi connectivity index (χ0n) is 11.5. The largest absolute Gasteiger partial charge is 0.450 e. The summed E-state index contributed by atoms with van der Waals surface area (Å²) in [6.45, 7) is 0.866. The van der Waals surface area contributed by atoms with Crippen LogP contribution in [0.4, 0.5) is 4.79 Å². The molecule has 0 radical (unpaired) electrons. The number of amides is 1. The third kappa shape index (κ3) is 2.90. The van der Waals surface area contributed by atoms with Crippen LogP contribution >= 0.6 is 0 Å². The molecule has 1 aliphatic rings. The Labute approximate surface area is 121 Å². The molecule has 2 aromatic rings. The molecule has 0 saturated heterocycles. The van der Waals surface area contributed by atoms with Crippen LogP contribution in [0.5, 0.6) is 0 Å². The second kappa shape index (κ2) is 5.97. The molecule has 0 saturated carbocycles. The molecular weight excluding hydrogens is 272 g/mol. The van der Waals surface area contributed by atoms with Crippen LogP contribution in [0.15, 0.2) is 35.0 Å². The minimum Gasteiger partial charge on any atom is -0.450 e. The van der Waals surface area contributed by atoms with Gasteiger partial charge in [0.1, 0.15) is 0 Å².